The number of hydrogen-bond acceptors (Lipinski definition) is 2. The Balaban J connectivity index is 2.39. The van der Waals surface area contributed by atoms with E-state index in [0.29, 0.717) is 15.7 Å². The summed E-state index contributed by atoms with van der Waals surface area (Å²) in [4.78, 5) is 3.95. The monoisotopic (exact) mass is 267 g/mol. The van der Waals surface area contributed by atoms with Gasteiger partial charge >= 0.3 is 0 Å². The van der Waals surface area contributed by atoms with Crippen molar-refractivity contribution in [3.63, 3.8) is 0 Å². The molecule has 0 fully saturated rings. The zero-order valence-electron chi connectivity index (χ0n) is 9.19. The van der Waals surface area contributed by atoms with Crippen molar-refractivity contribution in [1.82, 2.24) is 4.98 Å². The molecule has 2 nitrogen and oxygen atoms in total. The molecule has 17 heavy (non-hydrogen) atoms. The van der Waals surface area contributed by atoms with Gasteiger partial charge in [-0.3, -0.25) is 0 Å². The Morgan fingerprint density at radius 1 is 1.18 bits per heavy atom. The van der Waals surface area contributed by atoms with Crippen LogP contribution in [0.3, 0.4) is 0 Å². The summed E-state index contributed by atoms with van der Waals surface area (Å²) in [6.07, 6.45) is 0.825. The molecule has 88 valence electrons. The maximum atomic E-state index is 10.2. The van der Waals surface area contributed by atoms with E-state index in [2.05, 4.69) is 4.98 Å². The lowest BCUT2D eigenvalue weighted by atomic mass is 9.99. The van der Waals surface area contributed by atoms with Crippen LogP contribution in [-0.2, 0) is 0 Å². The number of pyridine rings is 1. The number of halogens is 2. The van der Waals surface area contributed by atoms with E-state index in [4.69, 9.17) is 23.2 Å². The Kier molecular flexibility index (Phi) is 3.67. The quantitative estimate of drug-likeness (QED) is 0.841. The molecule has 0 radical (unpaired) electrons. The first-order chi connectivity index (χ1) is 8.08. The van der Waals surface area contributed by atoms with E-state index in [0.717, 1.165) is 11.1 Å². The van der Waals surface area contributed by atoms with Gasteiger partial charge in [0, 0.05) is 16.8 Å². The van der Waals surface area contributed by atoms with Gasteiger partial charge in [0.1, 0.15) is 11.3 Å². The van der Waals surface area contributed by atoms with Crippen molar-refractivity contribution in [2.24, 2.45) is 0 Å². The highest BCUT2D eigenvalue weighted by atomic mass is 35.5. The van der Waals surface area contributed by atoms with Crippen molar-refractivity contribution in [2.75, 3.05) is 0 Å². The van der Waals surface area contributed by atoms with Crippen LogP contribution in [0.2, 0.25) is 10.2 Å². The van der Waals surface area contributed by atoms with Crippen LogP contribution in [0.25, 0.3) is 0 Å². The summed E-state index contributed by atoms with van der Waals surface area (Å²) in [6, 6.07) is 8.84. The van der Waals surface area contributed by atoms with Gasteiger partial charge in [-0.05, 0) is 36.2 Å². The van der Waals surface area contributed by atoms with Gasteiger partial charge in [0.25, 0.3) is 0 Å². The largest absolute Gasteiger partial charge is 0.384 e. The van der Waals surface area contributed by atoms with E-state index >= 15 is 0 Å². The lowest BCUT2D eigenvalue weighted by molar-refractivity contribution is 0.219. The normalized spacial score (nSPS) is 12.5. The summed E-state index contributed by atoms with van der Waals surface area (Å²) < 4.78 is 0. The van der Waals surface area contributed by atoms with Gasteiger partial charge in [-0.2, -0.15) is 0 Å². The van der Waals surface area contributed by atoms with Crippen LogP contribution in [0.5, 0.6) is 0 Å². The maximum Gasteiger partial charge on any atom is 0.129 e. The van der Waals surface area contributed by atoms with E-state index in [1.165, 1.54) is 0 Å². The van der Waals surface area contributed by atoms with Crippen LogP contribution in [0, 0.1) is 6.92 Å². The van der Waals surface area contributed by atoms with Gasteiger partial charge in [-0.15, -0.1) is 0 Å². The minimum atomic E-state index is -0.738. The number of aliphatic hydroxyl groups is 1. The third-order valence-electron chi connectivity index (χ3n) is 2.60. The van der Waals surface area contributed by atoms with Gasteiger partial charge < -0.3 is 5.11 Å². The van der Waals surface area contributed by atoms with Crippen LogP contribution in [-0.4, -0.2) is 10.1 Å². The summed E-state index contributed by atoms with van der Waals surface area (Å²) in [6.45, 7) is 1.93. The van der Waals surface area contributed by atoms with Crippen LogP contribution < -0.4 is 0 Å². The first-order valence-corrected chi connectivity index (χ1v) is 5.89. The molecule has 1 aromatic carbocycles. The third-order valence-corrected chi connectivity index (χ3v) is 3.06. The molecule has 0 aliphatic rings. The Hall–Kier alpha value is -1.09. The highest BCUT2D eigenvalue weighted by molar-refractivity contribution is 6.30. The van der Waals surface area contributed by atoms with E-state index in [9.17, 15) is 5.11 Å². The average molecular weight is 268 g/mol. The molecule has 0 bridgehead atoms. The SMILES string of the molecule is Cc1ccc(Cl)cc1C(O)c1ccc(Cl)nc1. The number of benzene rings is 1. The van der Waals surface area contributed by atoms with E-state index in [1.54, 1.807) is 30.5 Å². The van der Waals surface area contributed by atoms with Crippen LogP contribution in [0.15, 0.2) is 36.5 Å². The van der Waals surface area contributed by atoms with Crippen molar-refractivity contribution >= 4 is 23.2 Å². The minimum Gasteiger partial charge on any atom is -0.384 e. The second-order valence-electron chi connectivity index (χ2n) is 3.82. The Bertz CT molecular complexity index is 525. The molecule has 0 spiro atoms. The molecule has 1 N–H and O–H groups in total. The summed E-state index contributed by atoms with van der Waals surface area (Å²) in [5.41, 5.74) is 2.46. The Labute approximate surface area is 110 Å². The Morgan fingerprint density at radius 3 is 2.59 bits per heavy atom. The van der Waals surface area contributed by atoms with Crippen molar-refractivity contribution in [1.29, 1.82) is 0 Å². The second-order valence-corrected chi connectivity index (χ2v) is 4.64. The molecular weight excluding hydrogens is 257 g/mol. The smallest absolute Gasteiger partial charge is 0.129 e. The van der Waals surface area contributed by atoms with Gasteiger partial charge in [-0.1, -0.05) is 35.3 Å². The van der Waals surface area contributed by atoms with Gasteiger partial charge in [-0.25, -0.2) is 4.98 Å². The molecule has 4 heteroatoms. The summed E-state index contributed by atoms with van der Waals surface area (Å²) >= 11 is 11.6. The molecule has 0 aliphatic heterocycles. The number of rotatable bonds is 2. The topological polar surface area (TPSA) is 33.1 Å². The van der Waals surface area contributed by atoms with Crippen LogP contribution in [0.1, 0.15) is 22.8 Å². The van der Waals surface area contributed by atoms with Gasteiger partial charge in [0.05, 0.1) is 0 Å². The van der Waals surface area contributed by atoms with E-state index < -0.39 is 6.10 Å². The highest BCUT2D eigenvalue weighted by Gasteiger charge is 2.13. The molecule has 0 saturated carbocycles. The molecule has 1 heterocycles. The van der Waals surface area contributed by atoms with Crippen molar-refractivity contribution < 1.29 is 5.11 Å². The molecule has 1 atom stereocenters. The van der Waals surface area contributed by atoms with Gasteiger partial charge in [0.2, 0.25) is 0 Å². The second kappa shape index (κ2) is 5.05. The first kappa shape index (κ1) is 12.4. The molecule has 2 rings (SSSR count). The molecule has 0 saturated heterocycles. The molecule has 0 aliphatic carbocycles. The average Bonchev–Trinajstić information content (AvgIpc) is 2.32. The van der Waals surface area contributed by atoms with Crippen molar-refractivity contribution in [2.45, 2.75) is 13.0 Å². The minimum absolute atomic E-state index is 0.406. The number of aromatic nitrogens is 1. The number of aliphatic hydroxyl groups excluding tert-OH is 1. The van der Waals surface area contributed by atoms with Crippen molar-refractivity contribution in [3.8, 4) is 0 Å². The van der Waals surface area contributed by atoms with E-state index in [-0.39, 0.29) is 0 Å². The van der Waals surface area contributed by atoms with Crippen molar-refractivity contribution in [3.05, 3.63) is 63.4 Å². The lowest BCUT2D eigenvalue weighted by Gasteiger charge is -2.14. The standard InChI is InChI=1S/C13H11Cl2NO/c1-8-2-4-10(14)6-11(8)13(17)9-3-5-12(15)16-7-9/h2-7,13,17H,1H3. The molecular formula is C13H11Cl2NO. The van der Waals surface area contributed by atoms with Crippen LogP contribution in [0.4, 0.5) is 0 Å². The number of nitrogens with zero attached hydrogens (tertiary/aromatic N) is 1. The molecule has 0 amide bonds. The fraction of sp³-hybridized carbons (Fsp3) is 0.154. The van der Waals surface area contributed by atoms with Crippen LogP contribution >= 0.6 is 23.2 Å². The predicted octanol–water partition coefficient (Wildman–Crippen LogP) is 3.78. The summed E-state index contributed by atoms with van der Waals surface area (Å²) in [5.74, 6) is 0. The Morgan fingerprint density at radius 2 is 1.94 bits per heavy atom. The van der Waals surface area contributed by atoms with E-state index in [1.807, 2.05) is 13.0 Å². The molecule has 1 aromatic heterocycles. The molecule has 2 aromatic rings. The summed E-state index contributed by atoms with van der Waals surface area (Å²) in [5, 5.41) is 11.3. The number of hydrogen-bond donors (Lipinski definition) is 1. The van der Waals surface area contributed by atoms with Gasteiger partial charge in [0.15, 0.2) is 0 Å². The first-order valence-electron chi connectivity index (χ1n) is 5.13. The number of aryl methyl sites for hydroxylation is 1. The zero-order chi connectivity index (χ0) is 12.4. The predicted molar refractivity (Wildman–Crippen MR) is 69.5 cm³/mol. The maximum absolute atomic E-state index is 10.2. The fourth-order valence-corrected chi connectivity index (χ4v) is 1.93. The fourth-order valence-electron chi connectivity index (χ4n) is 1.63. The third kappa shape index (κ3) is 2.78. The summed E-state index contributed by atoms with van der Waals surface area (Å²) in [7, 11) is 0. The molecule has 1 unspecified atom stereocenters. The lowest BCUT2D eigenvalue weighted by Crippen LogP contribution is -2.02. The zero-order valence-corrected chi connectivity index (χ0v) is 10.7. The highest BCUT2D eigenvalue weighted by Crippen LogP contribution is 2.27.